The largest absolute Gasteiger partial charge is 0.354 e. The number of halogens is 2. The van der Waals surface area contributed by atoms with E-state index in [4.69, 9.17) is 23.2 Å². The normalized spacial score (nSPS) is 12.0. The quantitative estimate of drug-likeness (QED) is 0.214. The molecule has 0 aliphatic rings. The summed E-state index contributed by atoms with van der Waals surface area (Å²) >= 11 is 12.4. The Bertz CT molecular complexity index is 1430. The molecule has 0 bridgehead atoms. The van der Waals surface area contributed by atoms with Crippen LogP contribution in [0.3, 0.4) is 0 Å². The maximum atomic E-state index is 13.9. The lowest BCUT2D eigenvalue weighted by atomic mass is 10.0. The van der Waals surface area contributed by atoms with Crippen LogP contribution in [0.2, 0.25) is 10.0 Å². The number of aryl methyl sites for hydroxylation is 1. The Morgan fingerprint density at radius 3 is 2.14 bits per heavy atom. The Hall–Kier alpha value is -3.07. The molecule has 3 aromatic carbocycles. The molecule has 0 heterocycles. The molecular formula is C32H39Cl2N3O4S. The third kappa shape index (κ3) is 9.75. The number of carbonyl (C=O) groups excluding carboxylic acids is 2. The van der Waals surface area contributed by atoms with Crippen LogP contribution in [0.5, 0.6) is 0 Å². The van der Waals surface area contributed by atoms with Crippen LogP contribution in [0.15, 0.2) is 72.8 Å². The summed E-state index contributed by atoms with van der Waals surface area (Å²) in [5.74, 6) is -0.508. The number of hydrogen-bond acceptors (Lipinski definition) is 4. The Kier molecular flexibility index (Phi) is 12.7. The van der Waals surface area contributed by atoms with E-state index >= 15 is 0 Å². The van der Waals surface area contributed by atoms with Crippen LogP contribution in [-0.4, -0.2) is 50.5 Å². The van der Waals surface area contributed by atoms with Crippen molar-refractivity contribution in [3.05, 3.63) is 99.5 Å². The summed E-state index contributed by atoms with van der Waals surface area (Å²) in [7, 11) is -3.58. The standard InChI is InChI=1S/C32H39Cl2N3O4S/c1-4-19-35-32(39)30(22-25-10-7-6-8-11-25)36(23-26-15-18-28(33)29(34)21-26)31(38)12-9-20-37(42(3,40)41)27-16-13-24(5-2)14-17-27/h6-8,10-11,13-18,21,30H,4-5,9,12,19-20,22-23H2,1-3H3,(H,35,39)/t30-/m0/s1. The highest BCUT2D eigenvalue weighted by Gasteiger charge is 2.30. The van der Waals surface area contributed by atoms with Gasteiger partial charge in [0.25, 0.3) is 0 Å². The maximum Gasteiger partial charge on any atom is 0.243 e. The molecule has 0 fully saturated rings. The summed E-state index contributed by atoms with van der Waals surface area (Å²) in [6, 6.07) is 21.3. The average molecular weight is 633 g/mol. The topological polar surface area (TPSA) is 86.8 Å². The molecule has 7 nitrogen and oxygen atoms in total. The van der Waals surface area contributed by atoms with Crippen molar-refractivity contribution < 1.29 is 18.0 Å². The van der Waals surface area contributed by atoms with Crippen LogP contribution >= 0.6 is 23.2 Å². The van der Waals surface area contributed by atoms with Gasteiger partial charge in [0.1, 0.15) is 6.04 Å². The lowest BCUT2D eigenvalue weighted by Gasteiger charge is -2.32. The van der Waals surface area contributed by atoms with Gasteiger partial charge in [-0.3, -0.25) is 13.9 Å². The summed E-state index contributed by atoms with van der Waals surface area (Å²) in [6.45, 7) is 4.75. The van der Waals surface area contributed by atoms with Gasteiger partial charge in [-0.2, -0.15) is 0 Å². The monoisotopic (exact) mass is 631 g/mol. The van der Waals surface area contributed by atoms with E-state index in [9.17, 15) is 18.0 Å². The Balaban J connectivity index is 1.88. The molecule has 0 spiro atoms. The molecule has 0 radical (unpaired) electrons. The van der Waals surface area contributed by atoms with E-state index in [1.165, 1.54) is 4.31 Å². The summed E-state index contributed by atoms with van der Waals surface area (Å²) in [5, 5.41) is 3.70. The van der Waals surface area contributed by atoms with E-state index in [1.807, 2.05) is 56.3 Å². The molecule has 10 heteroatoms. The zero-order valence-corrected chi connectivity index (χ0v) is 26.7. The van der Waals surface area contributed by atoms with Crippen molar-refractivity contribution in [3.63, 3.8) is 0 Å². The van der Waals surface area contributed by atoms with Crippen molar-refractivity contribution in [2.24, 2.45) is 0 Å². The van der Waals surface area contributed by atoms with Crippen molar-refractivity contribution in [1.29, 1.82) is 0 Å². The number of nitrogens with zero attached hydrogens (tertiary/aromatic N) is 2. The van der Waals surface area contributed by atoms with Gasteiger partial charge >= 0.3 is 0 Å². The number of rotatable bonds is 15. The number of benzene rings is 3. The van der Waals surface area contributed by atoms with Crippen molar-refractivity contribution in [3.8, 4) is 0 Å². The van der Waals surface area contributed by atoms with Crippen LogP contribution in [0.25, 0.3) is 0 Å². The van der Waals surface area contributed by atoms with Crippen LogP contribution < -0.4 is 9.62 Å². The second-order valence-corrected chi connectivity index (χ2v) is 12.9. The van der Waals surface area contributed by atoms with Gasteiger partial charge in [-0.15, -0.1) is 0 Å². The average Bonchev–Trinajstić information content (AvgIpc) is 2.97. The third-order valence-electron chi connectivity index (χ3n) is 6.94. The van der Waals surface area contributed by atoms with Crippen molar-refractivity contribution in [1.82, 2.24) is 10.2 Å². The molecule has 42 heavy (non-hydrogen) atoms. The minimum Gasteiger partial charge on any atom is -0.354 e. The van der Waals surface area contributed by atoms with Gasteiger partial charge in [-0.1, -0.05) is 85.6 Å². The fraction of sp³-hybridized carbons (Fsp3) is 0.375. The minimum atomic E-state index is -3.58. The highest BCUT2D eigenvalue weighted by Crippen LogP contribution is 2.25. The van der Waals surface area contributed by atoms with E-state index < -0.39 is 16.1 Å². The summed E-state index contributed by atoms with van der Waals surface area (Å²) in [6.07, 6.45) is 3.40. The lowest BCUT2D eigenvalue weighted by Crippen LogP contribution is -2.50. The zero-order valence-electron chi connectivity index (χ0n) is 24.4. The fourth-order valence-electron chi connectivity index (χ4n) is 4.66. The highest BCUT2D eigenvalue weighted by atomic mass is 35.5. The molecule has 2 amide bonds. The van der Waals surface area contributed by atoms with E-state index in [1.54, 1.807) is 35.2 Å². The molecule has 0 aliphatic heterocycles. The number of anilines is 1. The first-order chi connectivity index (χ1) is 20.0. The van der Waals surface area contributed by atoms with Gasteiger partial charge in [-0.05, 0) is 60.2 Å². The second-order valence-electron chi connectivity index (χ2n) is 10.2. The van der Waals surface area contributed by atoms with Crippen molar-refractivity contribution >= 4 is 50.7 Å². The van der Waals surface area contributed by atoms with Gasteiger partial charge in [0.05, 0.1) is 22.0 Å². The van der Waals surface area contributed by atoms with Gasteiger partial charge in [-0.25, -0.2) is 8.42 Å². The molecule has 0 aromatic heterocycles. The number of amides is 2. The number of carbonyl (C=O) groups is 2. The van der Waals surface area contributed by atoms with Crippen LogP contribution in [0.4, 0.5) is 5.69 Å². The molecule has 226 valence electrons. The maximum absolute atomic E-state index is 13.9. The van der Waals surface area contributed by atoms with Crippen LogP contribution in [-0.2, 0) is 39.0 Å². The molecule has 3 aromatic rings. The first kappa shape index (κ1) is 33.4. The molecule has 0 unspecified atom stereocenters. The molecule has 3 rings (SSSR count). The number of sulfonamides is 1. The van der Waals surface area contributed by atoms with E-state index in [0.29, 0.717) is 28.7 Å². The van der Waals surface area contributed by atoms with Gasteiger partial charge in [0.15, 0.2) is 0 Å². The third-order valence-corrected chi connectivity index (χ3v) is 8.88. The van der Waals surface area contributed by atoms with E-state index in [-0.39, 0.29) is 37.7 Å². The van der Waals surface area contributed by atoms with Gasteiger partial charge in [0, 0.05) is 32.5 Å². The highest BCUT2D eigenvalue weighted by molar-refractivity contribution is 7.92. The SMILES string of the molecule is CCCNC(=O)[C@H](Cc1ccccc1)N(Cc1ccc(Cl)c(Cl)c1)C(=O)CCCN(c1ccc(CC)cc1)S(C)(=O)=O. The zero-order chi connectivity index (χ0) is 30.7. The molecule has 0 aliphatic carbocycles. The van der Waals surface area contributed by atoms with Gasteiger partial charge in [0.2, 0.25) is 21.8 Å². The molecule has 1 atom stereocenters. The van der Waals surface area contributed by atoms with Crippen LogP contribution in [0, 0.1) is 0 Å². The lowest BCUT2D eigenvalue weighted by molar-refractivity contribution is -0.141. The predicted octanol–water partition coefficient (Wildman–Crippen LogP) is 6.27. The summed E-state index contributed by atoms with van der Waals surface area (Å²) in [5.41, 5.74) is 3.30. The van der Waals surface area contributed by atoms with Crippen molar-refractivity contribution in [2.45, 2.75) is 58.5 Å². The van der Waals surface area contributed by atoms with Crippen molar-refractivity contribution in [2.75, 3.05) is 23.7 Å². The molecule has 0 saturated heterocycles. The first-order valence-corrected chi connectivity index (χ1v) is 16.8. The summed E-state index contributed by atoms with van der Waals surface area (Å²) < 4.78 is 26.6. The van der Waals surface area contributed by atoms with E-state index in [2.05, 4.69) is 5.32 Å². The smallest absolute Gasteiger partial charge is 0.243 e. The van der Waals surface area contributed by atoms with Crippen LogP contribution in [0.1, 0.15) is 49.8 Å². The summed E-state index contributed by atoms with van der Waals surface area (Å²) in [4.78, 5) is 28.9. The molecule has 1 N–H and O–H groups in total. The predicted molar refractivity (Wildman–Crippen MR) is 171 cm³/mol. The number of hydrogen-bond donors (Lipinski definition) is 1. The Labute approximate surface area is 259 Å². The molecule has 0 saturated carbocycles. The van der Waals surface area contributed by atoms with E-state index in [0.717, 1.165) is 35.8 Å². The minimum absolute atomic E-state index is 0.0483. The first-order valence-electron chi connectivity index (χ1n) is 14.1. The Morgan fingerprint density at radius 2 is 1.55 bits per heavy atom. The fourth-order valence-corrected chi connectivity index (χ4v) is 5.94. The molecular weight excluding hydrogens is 593 g/mol. The van der Waals surface area contributed by atoms with Gasteiger partial charge < -0.3 is 10.2 Å². The number of nitrogens with one attached hydrogen (secondary N) is 1. The Morgan fingerprint density at radius 1 is 0.881 bits per heavy atom. The second kappa shape index (κ2) is 16.0.